The van der Waals surface area contributed by atoms with Crippen molar-refractivity contribution in [3.8, 4) is 0 Å². The molecule has 0 spiro atoms. The van der Waals surface area contributed by atoms with Crippen LogP contribution in [0.15, 0.2) is 22.7 Å². The lowest BCUT2D eigenvalue weighted by atomic mass is 10.1. The van der Waals surface area contributed by atoms with Crippen LogP contribution in [0.25, 0.3) is 0 Å². The second kappa shape index (κ2) is 5.37. The molecule has 3 nitrogen and oxygen atoms in total. The average Bonchev–Trinajstić information content (AvgIpc) is 2.71. The molecule has 1 aromatic carbocycles. The molecule has 20 heavy (non-hydrogen) atoms. The van der Waals surface area contributed by atoms with Crippen LogP contribution >= 0.6 is 27.5 Å². The third kappa shape index (κ3) is 2.98. The third-order valence-corrected chi connectivity index (χ3v) is 4.01. The van der Waals surface area contributed by atoms with Gasteiger partial charge in [0.05, 0.1) is 11.5 Å². The summed E-state index contributed by atoms with van der Waals surface area (Å²) in [6.07, 6.45) is -4.61. The van der Waals surface area contributed by atoms with Crippen molar-refractivity contribution in [1.82, 2.24) is 0 Å². The minimum atomic E-state index is -4.53. The number of carbonyl (C=O) groups is 2. The van der Waals surface area contributed by atoms with Crippen LogP contribution in [0, 0.1) is 5.92 Å². The number of halogens is 5. The molecule has 8 heteroatoms. The van der Waals surface area contributed by atoms with Crippen molar-refractivity contribution in [2.75, 3.05) is 11.4 Å². The molecule has 0 aromatic heterocycles. The van der Waals surface area contributed by atoms with Gasteiger partial charge in [-0.05, 0) is 29.8 Å². The Labute approximate surface area is 125 Å². The van der Waals surface area contributed by atoms with Gasteiger partial charge in [0.2, 0.25) is 11.1 Å². The second-order valence-electron chi connectivity index (χ2n) is 4.37. The van der Waals surface area contributed by atoms with E-state index in [0.717, 1.165) is 11.0 Å². The summed E-state index contributed by atoms with van der Waals surface area (Å²) < 4.78 is 38.3. The van der Waals surface area contributed by atoms with Crippen molar-refractivity contribution in [2.24, 2.45) is 5.92 Å². The van der Waals surface area contributed by atoms with Crippen LogP contribution < -0.4 is 4.90 Å². The predicted octanol–water partition coefficient (Wildman–Crippen LogP) is 3.59. The van der Waals surface area contributed by atoms with Crippen molar-refractivity contribution < 1.29 is 22.8 Å². The van der Waals surface area contributed by atoms with Gasteiger partial charge in [0.1, 0.15) is 0 Å². The quantitative estimate of drug-likeness (QED) is 0.746. The molecule has 1 saturated heterocycles. The van der Waals surface area contributed by atoms with Crippen LogP contribution in [0.3, 0.4) is 0 Å². The Bertz CT molecular complexity index is 576. The smallest absolute Gasteiger partial charge is 0.312 e. The molecule has 1 aliphatic heterocycles. The van der Waals surface area contributed by atoms with Crippen LogP contribution in [0.1, 0.15) is 12.0 Å². The molecule has 0 unspecified atom stereocenters. The van der Waals surface area contributed by atoms with Gasteiger partial charge in [0.15, 0.2) is 0 Å². The number of anilines is 1. The number of hydrogen-bond acceptors (Lipinski definition) is 2. The summed E-state index contributed by atoms with van der Waals surface area (Å²) in [5, 5.41) is -0.658. The van der Waals surface area contributed by atoms with E-state index in [1.807, 2.05) is 0 Å². The Hall–Kier alpha value is -1.08. The summed E-state index contributed by atoms with van der Waals surface area (Å²) >= 11 is 8.15. The first-order chi connectivity index (χ1) is 9.20. The monoisotopic (exact) mass is 369 g/mol. The van der Waals surface area contributed by atoms with Crippen molar-refractivity contribution >= 4 is 44.4 Å². The molecule has 2 rings (SSSR count). The number of carbonyl (C=O) groups excluding carboxylic acids is 2. The largest absolute Gasteiger partial charge is 0.417 e. The lowest BCUT2D eigenvalue weighted by Crippen LogP contribution is -2.25. The molecule has 1 aliphatic rings. The fourth-order valence-electron chi connectivity index (χ4n) is 2.01. The van der Waals surface area contributed by atoms with Crippen molar-refractivity contribution in [2.45, 2.75) is 12.6 Å². The predicted molar refractivity (Wildman–Crippen MR) is 70.5 cm³/mol. The van der Waals surface area contributed by atoms with Gasteiger partial charge >= 0.3 is 6.18 Å². The van der Waals surface area contributed by atoms with Crippen molar-refractivity contribution in [3.63, 3.8) is 0 Å². The molecule has 0 saturated carbocycles. The molecular weight excluding hydrogens is 362 g/mol. The maximum Gasteiger partial charge on any atom is 0.417 e. The Morgan fingerprint density at radius 1 is 1.40 bits per heavy atom. The van der Waals surface area contributed by atoms with Gasteiger partial charge in [0.25, 0.3) is 0 Å². The zero-order chi connectivity index (χ0) is 15.1. The maximum absolute atomic E-state index is 12.8. The van der Waals surface area contributed by atoms with E-state index in [4.69, 9.17) is 11.6 Å². The van der Waals surface area contributed by atoms with E-state index in [1.54, 1.807) is 0 Å². The zero-order valence-electron chi connectivity index (χ0n) is 9.88. The van der Waals surface area contributed by atoms with E-state index in [0.29, 0.717) is 0 Å². The Kier molecular flexibility index (Phi) is 4.11. The Morgan fingerprint density at radius 3 is 2.55 bits per heavy atom. The van der Waals surface area contributed by atoms with Crippen molar-refractivity contribution in [1.29, 1.82) is 0 Å². The van der Waals surface area contributed by atoms with Gasteiger partial charge in [-0.2, -0.15) is 13.2 Å². The molecule has 1 heterocycles. The average molecular weight is 371 g/mol. The van der Waals surface area contributed by atoms with Gasteiger partial charge in [-0.1, -0.05) is 15.9 Å². The minimum absolute atomic E-state index is 0.0000954. The lowest BCUT2D eigenvalue weighted by Gasteiger charge is -2.18. The third-order valence-electron chi connectivity index (χ3n) is 3.01. The molecule has 0 radical (unpaired) electrons. The summed E-state index contributed by atoms with van der Waals surface area (Å²) in [6, 6.07) is 3.49. The fourth-order valence-corrected chi connectivity index (χ4v) is 2.63. The number of hydrogen-bond donors (Lipinski definition) is 0. The number of nitrogens with zero attached hydrogens (tertiary/aromatic N) is 1. The molecular formula is C12H8BrClF3NO2. The molecule has 1 amide bonds. The van der Waals surface area contributed by atoms with Crippen LogP contribution in [0.4, 0.5) is 18.9 Å². The first-order valence-corrected chi connectivity index (χ1v) is 6.73. The van der Waals surface area contributed by atoms with E-state index in [1.165, 1.54) is 12.1 Å². The first kappa shape index (κ1) is 15.3. The molecule has 1 aromatic rings. The van der Waals surface area contributed by atoms with E-state index in [9.17, 15) is 22.8 Å². The lowest BCUT2D eigenvalue weighted by molar-refractivity contribution is -0.138. The van der Waals surface area contributed by atoms with Crippen LogP contribution in [-0.2, 0) is 15.8 Å². The minimum Gasteiger partial charge on any atom is -0.312 e. The summed E-state index contributed by atoms with van der Waals surface area (Å²) in [5.41, 5.74) is -0.769. The van der Waals surface area contributed by atoms with Gasteiger partial charge in [-0.3, -0.25) is 9.59 Å². The number of rotatable bonds is 2. The summed E-state index contributed by atoms with van der Waals surface area (Å²) in [5.74, 6) is -1.10. The topological polar surface area (TPSA) is 37.4 Å². The first-order valence-electron chi connectivity index (χ1n) is 5.56. The molecule has 0 bridgehead atoms. The summed E-state index contributed by atoms with van der Waals surface area (Å²) in [4.78, 5) is 24.0. The van der Waals surface area contributed by atoms with E-state index in [2.05, 4.69) is 15.9 Å². The molecule has 108 valence electrons. The van der Waals surface area contributed by atoms with Gasteiger partial charge < -0.3 is 4.90 Å². The molecule has 1 atom stereocenters. The number of benzene rings is 1. The zero-order valence-corrected chi connectivity index (χ0v) is 12.2. The Morgan fingerprint density at radius 2 is 2.05 bits per heavy atom. The molecule has 0 N–H and O–H groups in total. The van der Waals surface area contributed by atoms with Gasteiger partial charge in [0, 0.05) is 23.1 Å². The fraction of sp³-hybridized carbons (Fsp3) is 0.333. The van der Waals surface area contributed by atoms with Crippen molar-refractivity contribution in [3.05, 3.63) is 28.2 Å². The molecule has 1 fully saturated rings. The van der Waals surface area contributed by atoms with Gasteiger partial charge in [-0.15, -0.1) is 0 Å². The number of amides is 1. The molecule has 0 aliphatic carbocycles. The Balaban J connectivity index is 2.35. The summed E-state index contributed by atoms with van der Waals surface area (Å²) in [6.45, 7) is 0.0000954. The van der Waals surface area contributed by atoms with Crippen LogP contribution in [-0.4, -0.2) is 17.7 Å². The van der Waals surface area contributed by atoms with E-state index < -0.39 is 28.8 Å². The van der Waals surface area contributed by atoms with Crippen LogP contribution in [0.5, 0.6) is 0 Å². The highest BCUT2D eigenvalue weighted by Gasteiger charge is 2.37. The SMILES string of the molecule is O=C(Cl)[C@H]1CC(=O)N(c2ccc(Br)c(C(F)(F)F)c2)C1. The highest BCUT2D eigenvalue weighted by Crippen LogP contribution is 2.38. The number of alkyl halides is 3. The summed E-state index contributed by atoms with van der Waals surface area (Å²) in [7, 11) is 0. The normalized spacial score (nSPS) is 19.6. The standard InChI is InChI=1S/C12H8BrClF3NO2/c13-9-2-1-7(4-8(9)12(15,16)17)18-5-6(11(14)20)3-10(18)19/h1-2,4,6H,3,5H2/t6-/m0/s1. The second-order valence-corrected chi connectivity index (χ2v) is 5.60. The van der Waals surface area contributed by atoms with Crippen LogP contribution in [0.2, 0.25) is 0 Å². The van der Waals surface area contributed by atoms with E-state index in [-0.39, 0.29) is 23.1 Å². The maximum atomic E-state index is 12.8. The van der Waals surface area contributed by atoms with E-state index >= 15 is 0 Å². The van der Waals surface area contributed by atoms with Gasteiger partial charge in [-0.25, -0.2) is 0 Å². The highest BCUT2D eigenvalue weighted by atomic mass is 79.9. The highest BCUT2D eigenvalue weighted by molar-refractivity contribution is 9.10.